The Morgan fingerprint density at radius 3 is 2.48 bits per heavy atom. The number of carbonyl (C=O) groups is 2. The fourth-order valence-electron chi connectivity index (χ4n) is 3.72. The monoisotopic (exact) mass is 314 g/mol. The van der Waals surface area contributed by atoms with E-state index in [1.54, 1.807) is 0 Å². The van der Waals surface area contributed by atoms with Gasteiger partial charge in [0.05, 0.1) is 5.41 Å². The molecular formula is C19H26N2O2. The van der Waals surface area contributed by atoms with Crippen LogP contribution < -0.4 is 0 Å². The summed E-state index contributed by atoms with van der Waals surface area (Å²) in [5.74, 6) is 0.539. The van der Waals surface area contributed by atoms with Gasteiger partial charge in [0.25, 0.3) is 0 Å². The van der Waals surface area contributed by atoms with Gasteiger partial charge in [-0.15, -0.1) is 0 Å². The number of unbranched alkanes of at least 4 members (excludes halogenated alkanes) is 1. The van der Waals surface area contributed by atoms with Crippen LogP contribution in [0.1, 0.15) is 44.6 Å². The molecule has 1 aromatic carbocycles. The molecule has 0 unspecified atom stereocenters. The third-order valence-corrected chi connectivity index (χ3v) is 5.27. The van der Waals surface area contributed by atoms with Crippen molar-refractivity contribution in [2.24, 2.45) is 5.41 Å². The number of likely N-dealkylation sites (tertiary alicyclic amines) is 2. The number of benzene rings is 1. The molecule has 2 heterocycles. The molecule has 2 aliphatic rings. The molecule has 124 valence electrons. The van der Waals surface area contributed by atoms with Crippen LogP contribution in [0, 0.1) is 5.41 Å². The van der Waals surface area contributed by atoms with Crippen molar-refractivity contribution in [2.45, 2.75) is 45.6 Å². The van der Waals surface area contributed by atoms with E-state index in [1.165, 1.54) is 5.56 Å². The number of carbonyl (C=O) groups excluding carboxylic acids is 2. The second-order valence-corrected chi connectivity index (χ2v) is 6.91. The quantitative estimate of drug-likeness (QED) is 0.784. The molecule has 2 amide bonds. The van der Waals surface area contributed by atoms with Crippen LogP contribution in [0.3, 0.4) is 0 Å². The Morgan fingerprint density at radius 2 is 1.87 bits per heavy atom. The zero-order valence-electron chi connectivity index (χ0n) is 14.0. The van der Waals surface area contributed by atoms with Crippen molar-refractivity contribution in [2.75, 3.05) is 19.6 Å². The minimum absolute atomic E-state index is 0.184. The van der Waals surface area contributed by atoms with E-state index >= 15 is 0 Å². The molecule has 0 radical (unpaired) electrons. The van der Waals surface area contributed by atoms with Gasteiger partial charge in [-0.3, -0.25) is 9.59 Å². The van der Waals surface area contributed by atoms with E-state index in [0.29, 0.717) is 13.0 Å². The molecular weight excluding hydrogens is 288 g/mol. The smallest absolute Gasteiger partial charge is 0.231 e. The van der Waals surface area contributed by atoms with Crippen LogP contribution in [-0.4, -0.2) is 41.2 Å². The third-order valence-electron chi connectivity index (χ3n) is 5.27. The van der Waals surface area contributed by atoms with E-state index in [-0.39, 0.29) is 17.2 Å². The highest BCUT2D eigenvalue weighted by molar-refractivity contribution is 5.89. The molecule has 4 heteroatoms. The van der Waals surface area contributed by atoms with Crippen LogP contribution in [0.5, 0.6) is 0 Å². The number of hydrogen-bond acceptors (Lipinski definition) is 2. The molecule has 1 aromatic rings. The number of β-lactam (4-membered cyclic amide) rings is 1. The number of nitrogens with zero attached hydrogens (tertiary/aromatic N) is 2. The average molecular weight is 314 g/mol. The summed E-state index contributed by atoms with van der Waals surface area (Å²) in [7, 11) is 0. The second-order valence-electron chi connectivity index (χ2n) is 6.91. The van der Waals surface area contributed by atoms with E-state index in [1.807, 2.05) is 28.0 Å². The molecule has 0 saturated carbocycles. The zero-order chi connectivity index (χ0) is 16.3. The van der Waals surface area contributed by atoms with Gasteiger partial charge in [-0.2, -0.15) is 0 Å². The van der Waals surface area contributed by atoms with E-state index in [4.69, 9.17) is 0 Å². The predicted octanol–water partition coefficient (Wildman–Crippen LogP) is 2.83. The first-order valence-corrected chi connectivity index (χ1v) is 8.76. The highest BCUT2D eigenvalue weighted by atomic mass is 16.2. The fourth-order valence-corrected chi connectivity index (χ4v) is 3.72. The van der Waals surface area contributed by atoms with Crippen LogP contribution in [0.2, 0.25) is 0 Å². The van der Waals surface area contributed by atoms with Gasteiger partial charge in [0.15, 0.2) is 0 Å². The van der Waals surface area contributed by atoms with Gasteiger partial charge < -0.3 is 9.80 Å². The Kier molecular flexibility index (Phi) is 4.69. The number of hydrogen-bond donors (Lipinski definition) is 0. The van der Waals surface area contributed by atoms with E-state index < -0.39 is 0 Å². The highest BCUT2D eigenvalue weighted by Crippen LogP contribution is 2.42. The van der Waals surface area contributed by atoms with Gasteiger partial charge in [0.1, 0.15) is 0 Å². The van der Waals surface area contributed by atoms with E-state index in [9.17, 15) is 9.59 Å². The minimum atomic E-state index is -0.184. The molecule has 0 N–H and O–H groups in total. The first-order chi connectivity index (χ1) is 11.1. The lowest BCUT2D eigenvalue weighted by Crippen LogP contribution is -2.64. The molecule has 23 heavy (non-hydrogen) atoms. The van der Waals surface area contributed by atoms with Crippen LogP contribution in [0.25, 0.3) is 0 Å². The topological polar surface area (TPSA) is 40.6 Å². The molecule has 2 fully saturated rings. The van der Waals surface area contributed by atoms with Crippen LogP contribution in [-0.2, 0) is 16.1 Å². The van der Waals surface area contributed by atoms with Gasteiger partial charge in [-0.1, -0.05) is 43.7 Å². The van der Waals surface area contributed by atoms with E-state index in [0.717, 1.165) is 45.3 Å². The van der Waals surface area contributed by atoms with Crippen molar-refractivity contribution in [3.63, 3.8) is 0 Å². The van der Waals surface area contributed by atoms with Crippen molar-refractivity contribution in [3.8, 4) is 0 Å². The molecule has 3 rings (SSSR count). The molecule has 2 saturated heterocycles. The first kappa shape index (κ1) is 16.0. The maximum atomic E-state index is 12.6. The SMILES string of the molecule is CCCCC(=O)N1CCC2(CC1)CN(Cc1ccccc1)C2=O. The zero-order valence-corrected chi connectivity index (χ0v) is 14.0. The van der Waals surface area contributed by atoms with Gasteiger partial charge in [-0.25, -0.2) is 0 Å². The standard InChI is InChI=1S/C19H26N2O2/c1-2-3-9-17(22)20-12-10-19(11-13-20)15-21(18(19)23)14-16-7-5-4-6-8-16/h4-8H,2-3,9-15H2,1H3. The lowest BCUT2D eigenvalue weighted by Gasteiger charge is -2.52. The third kappa shape index (κ3) is 3.26. The van der Waals surface area contributed by atoms with Gasteiger partial charge >= 0.3 is 0 Å². The highest BCUT2D eigenvalue weighted by Gasteiger charge is 2.53. The lowest BCUT2D eigenvalue weighted by atomic mass is 9.71. The molecule has 0 aliphatic carbocycles. The minimum Gasteiger partial charge on any atom is -0.343 e. The van der Waals surface area contributed by atoms with Gasteiger partial charge in [0, 0.05) is 32.6 Å². The summed E-state index contributed by atoms with van der Waals surface area (Å²) in [5.41, 5.74) is 0.999. The number of rotatable bonds is 5. The molecule has 0 atom stereocenters. The van der Waals surface area contributed by atoms with Crippen LogP contribution in [0.15, 0.2) is 30.3 Å². The molecule has 0 aromatic heterocycles. The summed E-state index contributed by atoms with van der Waals surface area (Å²) >= 11 is 0. The molecule has 1 spiro atoms. The second kappa shape index (κ2) is 6.73. The Labute approximate surface area is 138 Å². The molecule has 2 aliphatic heterocycles. The van der Waals surface area contributed by atoms with E-state index in [2.05, 4.69) is 19.1 Å². The average Bonchev–Trinajstić information content (AvgIpc) is 2.60. The first-order valence-electron chi connectivity index (χ1n) is 8.76. The maximum Gasteiger partial charge on any atom is 0.231 e. The van der Waals surface area contributed by atoms with Crippen molar-refractivity contribution in [3.05, 3.63) is 35.9 Å². The number of piperidine rings is 1. The van der Waals surface area contributed by atoms with Crippen molar-refractivity contribution >= 4 is 11.8 Å². The van der Waals surface area contributed by atoms with Crippen LogP contribution >= 0.6 is 0 Å². The molecule has 0 bridgehead atoms. The Bertz CT molecular complexity index is 562. The number of amides is 2. The lowest BCUT2D eigenvalue weighted by molar-refractivity contribution is -0.168. The molecule has 4 nitrogen and oxygen atoms in total. The Hall–Kier alpha value is -1.84. The fraction of sp³-hybridized carbons (Fsp3) is 0.579. The van der Waals surface area contributed by atoms with Crippen molar-refractivity contribution in [1.29, 1.82) is 0 Å². The normalized spacial score (nSPS) is 19.8. The Balaban J connectivity index is 1.50. The summed E-state index contributed by atoms with van der Waals surface area (Å²) in [6.07, 6.45) is 4.32. The summed E-state index contributed by atoms with van der Waals surface area (Å²) in [6, 6.07) is 10.1. The van der Waals surface area contributed by atoms with Gasteiger partial charge in [0.2, 0.25) is 11.8 Å². The summed E-state index contributed by atoms with van der Waals surface area (Å²) in [4.78, 5) is 28.6. The van der Waals surface area contributed by atoms with Crippen LogP contribution in [0.4, 0.5) is 0 Å². The Morgan fingerprint density at radius 1 is 1.17 bits per heavy atom. The van der Waals surface area contributed by atoms with Crippen molar-refractivity contribution < 1.29 is 9.59 Å². The predicted molar refractivity (Wildman–Crippen MR) is 89.6 cm³/mol. The maximum absolute atomic E-state index is 12.6. The summed E-state index contributed by atoms with van der Waals surface area (Å²) < 4.78 is 0. The summed E-state index contributed by atoms with van der Waals surface area (Å²) in [6.45, 7) is 5.14. The summed E-state index contributed by atoms with van der Waals surface area (Å²) in [5, 5.41) is 0. The largest absolute Gasteiger partial charge is 0.343 e. The van der Waals surface area contributed by atoms with Gasteiger partial charge in [-0.05, 0) is 24.8 Å². The van der Waals surface area contributed by atoms with Crippen molar-refractivity contribution in [1.82, 2.24) is 9.80 Å².